The first-order valence-electron chi connectivity index (χ1n) is 7.62. The van der Waals surface area contributed by atoms with Crippen LogP contribution in [-0.4, -0.2) is 61.0 Å². The van der Waals surface area contributed by atoms with Crippen LogP contribution in [0.5, 0.6) is 0 Å². The number of nitrogen functional groups attached to an aromatic ring is 1. The molecule has 2 atom stereocenters. The lowest BCUT2D eigenvalue weighted by atomic mass is 10.0. The minimum atomic E-state index is -1.21. The van der Waals surface area contributed by atoms with Gasteiger partial charge in [0.2, 0.25) is 0 Å². The maximum absolute atomic E-state index is 12.6. The Balaban J connectivity index is 1.78. The summed E-state index contributed by atoms with van der Waals surface area (Å²) in [7, 11) is 0. The van der Waals surface area contributed by atoms with Crippen molar-refractivity contribution < 1.29 is 29.4 Å². The summed E-state index contributed by atoms with van der Waals surface area (Å²) < 4.78 is 0. The highest BCUT2D eigenvalue weighted by Gasteiger charge is 2.52. The van der Waals surface area contributed by atoms with Crippen molar-refractivity contribution >= 4 is 57.6 Å². The Morgan fingerprint density at radius 2 is 2.15 bits per heavy atom. The first kappa shape index (κ1) is 18.9. The van der Waals surface area contributed by atoms with Crippen molar-refractivity contribution in [3.63, 3.8) is 0 Å². The third-order valence-electron chi connectivity index (χ3n) is 3.88. The van der Waals surface area contributed by atoms with Gasteiger partial charge in [-0.1, -0.05) is 6.08 Å². The number of nitrogens with zero attached hydrogens (tertiary/aromatic N) is 2. The third kappa shape index (κ3) is 3.66. The number of thioether (sulfide) groups is 1. The first-order chi connectivity index (χ1) is 12.8. The van der Waals surface area contributed by atoms with Crippen LogP contribution in [0, 0.1) is 0 Å². The van der Waals surface area contributed by atoms with E-state index in [0.29, 0.717) is 5.75 Å². The summed E-state index contributed by atoms with van der Waals surface area (Å²) in [4.78, 5) is 52.1. The molecule has 0 bridgehead atoms. The van der Waals surface area contributed by atoms with E-state index >= 15 is 0 Å². The van der Waals surface area contributed by atoms with E-state index in [9.17, 15) is 19.2 Å². The van der Waals surface area contributed by atoms with Gasteiger partial charge in [-0.05, 0) is 6.08 Å². The van der Waals surface area contributed by atoms with Crippen LogP contribution < -0.4 is 11.1 Å². The van der Waals surface area contributed by atoms with Crippen molar-refractivity contribution in [2.45, 2.75) is 17.8 Å². The van der Waals surface area contributed by atoms with Gasteiger partial charge in [0.15, 0.2) is 5.13 Å². The zero-order chi connectivity index (χ0) is 19.7. The van der Waals surface area contributed by atoms with Gasteiger partial charge in [0.05, 0.1) is 17.7 Å². The third-order valence-corrected chi connectivity index (χ3v) is 5.73. The number of nitrogens with one attached hydrogen (secondary N) is 1. The highest BCUT2D eigenvalue weighted by molar-refractivity contribution is 8.00. The van der Waals surface area contributed by atoms with E-state index in [2.05, 4.69) is 10.3 Å². The molecule has 0 unspecified atom stereocenters. The van der Waals surface area contributed by atoms with Crippen molar-refractivity contribution in [2.75, 3.05) is 11.5 Å². The van der Waals surface area contributed by atoms with Gasteiger partial charge in [0, 0.05) is 11.1 Å². The number of anilines is 1. The molecule has 0 saturated carbocycles. The van der Waals surface area contributed by atoms with Gasteiger partial charge in [-0.15, -0.1) is 23.1 Å². The average molecular weight is 410 g/mol. The average Bonchev–Trinajstić information content (AvgIpc) is 3.04. The van der Waals surface area contributed by atoms with Gasteiger partial charge in [0.1, 0.15) is 17.1 Å². The molecule has 1 aromatic rings. The van der Waals surface area contributed by atoms with Crippen LogP contribution >= 0.6 is 23.1 Å². The number of carboxylic acids is 2. The minimum Gasteiger partial charge on any atom is -0.481 e. The predicted molar refractivity (Wildman–Crippen MR) is 97.5 cm³/mol. The predicted octanol–water partition coefficient (Wildman–Crippen LogP) is -0.0482. The molecule has 2 amide bonds. The number of aromatic nitrogens is 1. The number of thiazole rings is 1. The maximum Gasteiger partial charge on any atom is 0.352 e. The van der Waals surface area contributed by atoms with E-state index in [1.54, 1.807) is 0 Å². The van der Waals surface area contributed by atoms with Crippen molar-refractivity contribution in [2.24, 2.45) is 0 Å². The molecule has 10 nitrogen and oxygen atoms in total. The number of β-lactam (4-membered cyclic amide) rings is 1. The fourth-order valence-electron chi connectivity index (χ4n) is 2.67. The van der Waals surface area contributed by atoms with E-state index in [4.69, 9.17) is 15.9 Å². The molecule has 142 valence electrons. The number of hydrogen-bond donors (Lipinski definition) is 4. The standard InChI is InChI=1S/C15H14N4O6S2/c16-15-17-7(5-27-15)6(1-2-9(20)21)11(22)18-10-12(23)19-8(14(24)25)3-4-26-13(10)19/h1,3,5,10,13H,2,4H2,(H2,16,17)(H,18,22)(H,20,21)(H,24,25)/b6-1-/t10-,13-/m0/s1. The number of hydrogen-bond acceptors (Lipinski definition) is 8. The zero-order valence-corrected chi connectivity index (χ0v) is 15.2. The molecule has 1 aromatic heterocycles. The van der Waals surface area contributed by atoms with Gasteiger partial charge in [-0.2, -0.15) is 0 Å². The number of nitrogens with two attached hydrogens (primary N) is 1. The maximum atomic E-state index is 12.6. The van der Waals surface area contributed by atoms with Crippen molar-refractivity contribution in [1.82, 2.24) is 15.2 Å². The number of amides is 2. The second-order valence-electron chi connectivity index (χ2n) is 5.56. The van der Waals surface area contributed by atoms with Crippen LogP contribution in [0.25, 0.3) is 5.57 Å². The Kier molecular flexibility index (Phi) is 5.19. The summed E-state index contributed by atoms with van der Waals surface area (Å²) in [5.41, 5.74) is 5.66. The lowest BCUT2D eigenvalue weighted by Gasteiger charge is -2.48. The largest absolute Gasteiger partial charge is 0.481 e. The molecule has 27 heavy (non-hydrogen) atoms. The van der Waals surface area contributed by atoms with Crippen molar-refractivity contribution in [3.05, 3.63) is 28.9 Å². The molecule has 1 fully saturated rings. The minimum absolute atomic E-state index is 0.00795. The number of carbonyl (C=O) groups is 4. The van der Waals surface area contributed by atoms with E-state index in [0.717, 1.165) is 16.2 Å². The molecule has 12 heteroatoms. The lowest BCUT2D eigenvalue weighted by Crippen LogP contribution is -2.70. The summed E-state index contributed by atoms with van der Waals surface area (Å²) in [5.74, 6) is -3.16. The summed E-state index contributed by atoms with van der Waals surface area (Å²) in [6, 6.07) is -0.908. The molecule has 2 aliphatic rings. The van der Waals surface area contributed by atoms with Crippen LogP contribution in [0.15, 0.2) is 23.2 Å². The topological polar surface area (TPSA) is 163 Å². The van der Waals surface area contributed by atoms with Crippen molar-refractivity contribution in [1.29, 1.82) is 0 Å². The number of carboxylic acid groups (broad SMARTS) is 2. The summed E-state index contributed by atoms with van der Waals surface area (Å²) >= 11 is 2.41. The van der Waals surface area contributed by atoms with Crippen LogP contribution in [0.4, 0.5) is 5.13 Å². The van der Waals surface area contributed by atoms with E-state index in [1.165, 1.54) is 29.3 Å². The number of carbonyl (C=O) groups excluding carboxylic acids is 2. The Bertz CT molecular complexity index is 893. The molecular weight excluding hydrogens is 396 g/mol. The Morgan fingerprint density at radius 1 is 1.41 bits per heavy atom. The van der Waals surface area contributed by atoms with Crippen LogP contribution in [0.2, 0.25) is 0 Å². The van der Waals surface area contributed by atoms with Crippen LogP contribution in [0.1, 0.15) is 12.1 Å². The molecule has 0 aliphatic carbocycles. The molecule has 3 heterocycles. The molecule has 0 spiro atoms. The van der Waals surface area contributed by atoms with Crippen LogP contribution in [-0.2, 0) is 19.2 Å². The molecule has 5 N–H and O–H groups in total. The van der Waals surface area contributed by atoms with E-state index in [1.807, 2.05) is 0 Å². The van der Waals surface area contributed by atoms with Gasteiger partial charge in [0.25, 0.3) is 11.8 Å². The highest BCUT2D eigenvalue weighted by Crippen LogP contribution is 2.37. The monoisotopic (exact) mass is 410 g/mol. The number of rotatable bonds is 6. The fraction of sp³-hybridized carbons (Fsp3) is 0.267. The van der Waals surface area contributed by atoms with Gasteiger partial charge in [-0.3, -0.25) is 19.3 Å². The zero-order valence-electron chi connectivity index (χ0n) is 13.6. The molecular formula is C15H14N4O6S2. The quantitative estimate of drug-likeness (QED) is 0.372. The lowest BCUT2D eigenvalue weighted by molar-refractivity contribution is -0.150. The summed E-state index contributed by atoms with van der Waals surface area (Å²) in [6.07, 6.45) is 2.23. The normalized spacial score (nSPS) is 21.8. The molecule has 0 radical (unpaired) electrons. The van der Waals surface area contributed by atoms with Gasteiger partial charge < -0.3 is 21.3 Å². The SMILES string of the molecule is Nc1nc(/C(=C/CC(=O)O)C(=O)N[C@H]2C(=O)N3C(C(=O)O)=CCS[C@@H]23)cs1. The Hall–Kier alpha value is -2.86. The van der Waals surface area contributed by atoms with E-state index in [-0.39, 0.29) is 22.1 Å². The highest BCUT2D eigenvalue weighted by atomic mass is 32.2. The second kappa shape index (κ2) is 7.40. The van der Waals surface area contributed by atoms with Gasteiger partial charge >= 0.3 is 11.9 Å². The second-order valence-corrected chi connectivity index (χ2v) is 7.60. The van der Waals surface area contributed by atoms with Crippen LogP contribution in [0.3, 0.4) is 0 Å². The van der Waals surface area contributed by atoms with E-state index < -0.39 is 41.6 Å². The number of fused-ring (bicyclic) bond motifs is 1. The fourth-order valence-corrected chi connectivity index (χ4v) is 4.43. The molecule has 0 aromatic carbocycles. The summed E-state index contributed by atoms with van der Waals surface area (Å²) in [5, 5.41) is 21.8. The van der Waals surface area contributed by atoms with Gasteiger partial charge in [-0.25, -0.2) is 9.78 Å². The smallest absolute Gasteiger partial charge is 0.352 e. The molecule has 2 aliphatic heterocycles. The molecule has 1 saturated heterocycles. The Morgan fingerprint density at radius 3 is 2.74 bits per heavy atom. The first-order valence-corrected chi connectivity index (χ1v) is 9.54. The Labute approximate surface area is 160 Å². The van der Waals surface area contributed by atoms with Crippen molar-refractivity contribution in [3.8, 4) is 0 Å². The number of aliphatic carboxylic acids is 2. The summed E-state index contributed by atoms with van der Waals surface area (Å²) in [6.45, 7) is 0. The molecule has 3 rings (SSSR count).